The average molecular weight is 184 g/mol. The number of methoxy groups -OCH3 is 1. The van der Waals surface area contributed by atoms with E-state index in [0.717, 1.165) is 17.9 Å². The molecule has 0 spiro atoms. The highest BCUT2D eigenvalue weighted by molar-refractivity contribution is 6.70. The molecule has 0 saturated carbocycles. The summed E-state index contributed by atoms with van der Waals surface area (Å²) in [6.07, 6.45) is 5.04. The fourth-order valence-corrected chi connectivity index (χ4v) is 1.92. The van der Waals surface area contributed by atoms with Crippen molar-refractivity contribution in [3.05, 3.63) is 23.7 Å². The zero-order valence-corrected chi connectivity index (χ0v) is 9.18. The zero-order chi connectivity index (χ0) is 9.19. The van der Waals surface area contributed by atoms with Crippen molar-refractivity contribution in [2.75, 3.05) is 7.11 Å². The Labute approximate surface area is 75.0 Å². The van der Waals surface area contributed by atoms with Crippen LogP contribution in [0.1, 0.15) is 6.42 Å². The molecule has 68 valence electrons. The van der Waals surface area contributed by atoms with Gasteiger partial charge in [0.1, 0.15) is 5.76 Å². The van der Waals surface area contributed by atoms with Crippen LogP contribution in [0, 0.1) is 0 Å². The molecule has 0 fully saturated rings. The second-order valence-electron chi connectivity index (χ2n) is 3.79. The minimum atomic E-state index is -1.47. The van der Waals surface area contributed by atoms with Gasteiger partial charge in [-0.1, -0.05) is 0 Å². The Morgan fingerprint density at radius 2 is 1.75 bits per heavy atom. The van der Waals surface area contributed by atoms with E-state index in [4.69, 9.17) is 9.16 Å². The quantitative estimate of drug-likeness (QED) is 0.628. The van der Waals surface area contributed by atoms with Crippen molar-refractivity contribution < 1.29 is 9.16 Å². The molecule has 0 bridgehead atoms. The van der Waals surface area contributed by atoms with E-state index in [-0.39, 0.29) is 0 Å². The molecular formula is C9H16O2Si. The van der Waals surface area contributed by atoms with Crippen molar-refractivity contribution in [1.82, 2.24) is 0 Å². The Bertz CT molecular complexity index is 223. The molecule has 1 aliphatic carbocycles. The van der Waals surface area contributed by atoms with Gasteiger partial charge in [0.2, 0.25) is 8.32 Å². The maximum Gasteiger partial charge on any atom is 0.242 e. The summed E-state index contributed by atoms with van der Waals surface area (Å²) in [5.74, 6) is 1.81. The minimum Gasteiger partial charge on any atom is -0.542 e. The van der Waals surface area contributed by atoms with Gasteiger partial charge in [-0.25, -0.2) is 0 Å². The van der Waals surface area contributed by atoms with Crippen LogP contribution >= 0.6 is 0 Å². The first kappa shape index (κ1) is 9.39. The number of hydrogen-bond donors (Lipinski definition) is 0. The third-order valence-electron chi connectivity index (χ3n) is 1.49. The topological polar surface area (TPSA) is 18.5 Å². The van der Waals surface area contributed by atoms with Crippen LogP contribution in [0.5, 0.6) is 0 Å². The fraction of sp³-hybridized carbons (Fsp3) is 0.556. The second kappa shape index (κ2) is 3.35. The Kier molecular flexibility index (Phi) is 2.62. The molecule has 1 rings (SSSR count). The molecule has 0 saturated heterocycles. The van der Waals surface area contributed by atoms with Crippen molar-refractivity contribution >= 4 is 8.32 Å². The van der Waals surface area contributed by atoms with Crippen molar-refractivity contribution in [3.63, 3.8) is 0 Å². The largest absolute Gasteiger partial charge is 0.542 e. The highest BCUT2D eigenvalue weighted by Crippen LogP contribution is 2.24. The first-order valence-electron chi connectivity index (χ1n) is 4.16. The number of ether oxygens (including phenoxy) is 1. The van der Waals surface area contributed by atoms with Gasteiger partial charge in [0, 0.05) is 0 Å². The van der Waals surface area contributed by atoms with Gasteiger partial charge in [-0.3, -0.25) is 0 Å². The molecule has 0 aromatic rings. The average Bonchev–Trinajstić information content (AvgIpc) is 2.31. The summed E-state index contributed by atoms with van der Waals surface area (Å²) in [7, 11) is 0.210. The van der Waals surface area contributed by atoms with Crippen LogP contribution in [0.4, 0.5) is 0 Å². The van der Waals surface area contributed by atoms with Gasteiger partial charge in [-0.05, 0) is 38.2 Å². The van der Waals surface area contributed by atoms with E-state index in [2.05, 4.69) is 25.7 Å². The summed E-state index contributed by atoms with van der Waals surface area (Å²) >= 11 is 0. The second-order valence-corrected chi connectivity index (χ2v) is 8.22. The van der Waals surface area contributed by atoms with Gasteiger partial charge in [-0.2, -0.15) is 0 Å². The van der Waals surface area contributed by atoms with Crippen molar-refractivity contribution in [2.24, 2.45) is 0 Å². The molecule has 12 heavy (non-hydrogen) atoms. The summed E-state index contributed by atoms with van der Waals surface area (Å²) in [5, 5.41) is 0. The smallest absolute Gasteiger partial charge is 0.242 e. The van der Waals surface area contributed by atoms with Gasteiger partial charge in [0.25, 0.3) is 0 Å². The number of allylic oxidation sites excluding steroid dienone is 2. The van der Waals surface area contributed by atoms with E-state index >= 15 is 0 Å². The van der Waals surface area contributed by atoms with E-state index in [1.165, 1.54) is 0 Å². The number of hydrogen-bond acceptors (Lipinski definition) is 2. The van der Waals surface area contributed by atoms with E-state index in [1.807, 2.05) is 6.08 Å². The fourth-order valence-electron chi connectivity index (χ4n) is 1.08. The summed E-state index contributed by atoms with van der Waals surface area (Å²) < 4.78 is 11.0. The van der Waals surface area contributed by atoms with Crippen LogP contribution in [0.3, 0.4) is 0 Å². The molecule has 0 atom stereocenters. The molecule has 0 N–H and O–H groups in total. The van der Waals surface area contributed by atoms with E-state index < -0.39 is 8.32 Å². The first-order chi connectivity index (χ1) is 5.53. The monoisotopic (exact) mass is 184 g/mol. The molecule has 1 aliphatic rings. The maximum absolute atomic E-state index is 5.81. The van der Waals surface area contributed by atoms with E-state index in [0.29, 0.717) is 0 Å². The highest BCUT2D eigenvalue weighted by Gasteiger charge is 2.21. The van der Waals surface area contributed by atoms with Gasteiger partial charge in [0.15, 0.2) is 5.76 Å². The molecule has 2 nitrogen and oxygen atoms in total. The third kappa shape index (κ3) is 2.41. The van der Waals surface area contributed by atoms with E-state index in [9.17, 15) is 0 Å². The third-order valence-corrected chi connectivity index (χ3v) is 2.32. The molecule has 0 aliphatic heterocycles. The lowest BCUT2D eigenvalue weighted by Gasteiger charge is -2.21. The molecular weight excluding hydrogens is 168 g/mol. The lowest BCUT2D eigenvalue weighted by Crippen LogP contribution is -2.25. The van der Waals surface area contributed by atoms with Crippen LogP contribution in [0.2, 0.25) is 19.6 Å². The van der Waals surface area contributed by atoms with Crippen molar-refractivity contribution in [1.29, 1.82) is 0 Å². The molecule has 0 radical (unpaired) electrons. The molecule has 0 heterocycles. The maximum atomic E-state index is 5.81. The van der Waals surface area contributed by atoms with Crippen LogP contribution in [0.15, 0.2) is 23.7 Å². The minimum absolute atomic E-state index is 0.887. The zero-order valence-electron chi connectivity index (χ0n) is 8.18. The SMILES string of the molecule is COC1=CCC=C1O[Si](C)(C)C. The van der Waals surface area contributed by atoms with Crippen molar-refractivity contribution in [2.45, 2.75) is 26.1 Å². The molecule has 0 amide bonds. The Balaban J connectivity index is 2.60. The standard InChI is InChI=1S/C9H16O2Si/c1-10-8-6-5-7-9(8)11-12(2,3)4/h6-7H,5H2,1-4H3. The van der Waals surface area contributed by atoms with Gasteiger partial charge in [0.05, 0.1) is 7.11 Å². The van der Waals surface area contributed by atoms with E-state index in [1.54, 1.807) is 7.11 Å². The Morgan fingerprint density at radius 3 is 2.25 bits per heavy atom. The summed E-state index contributed by atoms with van der Waals surface area (Å²) in [4.78, 5) is 0. The number of rotatable bonds is 3. The molecule has 3 heteroatoms. The highest BCUT2D eigenvalue weighted by atomic mass is 28.4. The van der Waals surface area contributed by atoms with Crippen LogP contribution < -0.4 is 0 Å². The molecule has 0 aromatic heterocycles. The van der Waals surface area contributed by atoms with Gasteiger partial charge in [-0.15, -0.1) is 0 Å². The summed E-state index contributed by atoms with van der Waals surface area (Å²) in [6.45, 7) is 6.50. The summed E-state index contributed by atoms with van der Waals surface area (Å²) in [5.41, 5.74) is 0. The predicted octanol–water partition coefficient (Wildman–Crippen LogP) is 2.66. The predicted molar refractivity (Wildman–Crippen MR) is 52.2 cm³/mol. The first-order valence-corrected chi connectivity index (χ1v) is 7.57. The van der Waals surface area contributed by atoms with Crippen LogP contribution in [0.25, 0.3) is 0 Å². The van der Waals surface area contributed by atoms with Crippen LogP contribution in [-0.2, 0) is 9.16 Å². The van der Waals surface area contributed by atoms with Crippen LogP contribution in [-0.4, -0.2) is 15.4 Å². The lowest BCUT2D eigenvalue weighted by atomic mass is 10.5. The summed E-state index contributed by atoms with van der Waals surface area (Å²) in [6, 6.07) is 0. The molecule has 0 aromatic carbocycles. The molecule has 0 unspecified atom stereocenters. The lowest BCUT2D eigenvalue weighted by molar-refractivity contribution is 0.263. The van der Waals surface area contributed by atoms with Gasteiger partial charge < -0.3 is 9.16 Å². The van der Waals surface area contributed by atoms with Crippen molar-refractivity contribution in [3.8, 4) is 0 Å². The normalized spacial score (nSPS) is 17.0. The van der Waals surface area contributed by atoms with Gasteiger partial charge >= 0.3 is 0 Å². The Hall–Kier alpha value is -0.703. The Morgan fingerprint density at radius 1 is 1.17 bits per heavy atom.